The molecule has 0 spiro atoms. The third-order valence-corrected chi connectivity index (χ3v) is 2.82. The summed E-state index contributed by atoms with van der Waals surface area (Å²) in [5.41, 5.74) is 1.53. The van der Waals surface area contributed by atoms with Crippen LogP contribution in [-0.2, 0) is 4.74 Å². The molecule has 0 amide bonds. The molecule has 2 rings (SSSR count). The third kappa shape index (κ3) is 2.86. The van der Waals surface area contributed by atoms with Gasteiger partial charge in [0.15, 0.2) is 0 Å². The van der Waals surface area contributed by atoms with Gasteiger partial charge in [0.25, 0.3) is 0 Å². The molecule has 0 radical (unpaired) electrons. The van der Waals surface area contributed by atoms with Crippen molar-refractivity contribution in [3.63, 3.8) is 0 Å². The summed E-state index contributed by atoms with van der Waals surface area (Å²) in [6.07, 6.45) is 3.11. The van der Waals surface area contributed by atoms with Gasteiger partial charge in [0.2, 0.25) is 0 Å². The van der Waals surface area contributed by atoms with E-state index < -0.39 is 0 Å². The molecule has 0 fully saturated rings. The first-order valence-corrected chi connectivity index (χ1v) is 5.94. The van der Waals surface area contributed by atoms with E-state index in [0.717, 1.165) is 12.0 Å². The first-order valence-electron chi connectivity index (χ1n) is 5.94. The van der Waals surface area contributed by atoms with Crippen molar-refractivity contribution < 1.29 is 13.9 Å². The zero-order valence-corrected chi connectivity index (χ0v) is 10.2. The molecular weight excluding hydrogens is 219 g/mol. The summed E-state index contributed by atoms with van der Waals surface area (Å²) in [6.45, 7) is 4.92. The monoisotopic (exact) mass is 236 g/mol. The average Bonchev–Trinajstić information content (AvgIpc) is 2.31. The van der Waals surface area contributed by atoms with E-state index in [-0.39, 0.29) is 11.9 Å². The lowest BCUT2D eigenvalue weighted by atomic mass is 10.0. The van der Waals surface area contributed by atoms with Crippen molar-refractivity contribution in [3.8, 4) is 5.75 Å². The maximum atomic E-state index is 13.9. The Morgan fingerprint density at radius 2 is 2.29 bits per heavy atom. The number of hydrogen-bond acceptors (Lipinski definition) is 2. The van der Waals surface area contributed by atoms with Gasteiger partial charge in [-0.1, -0.05) is 6.08 Å². The topological polar surface area (TPSA) is 18.5 Å². The molecule has 1 aromatic rings. The minimum Gasteiger partial charge on any atom is -0.494 e. The maximum absolute atomic E-state index is 13.9. The molecule has 1 heterocycles. The number of ether oxygens (including phenoxy) is 2. The van der Waals surface area contributed by atoms with E-state index in [0.29, 0.717) is 24.5 Å². The van der Waals surface area contributed by atoms with E-state index in [4.69, 9.17) is 9.47 Å². The molecule has 0 bridgehead atoms. The van der Waals surface area contributed by atoms with Gasteiger partial charge in [0.05, 0.1) is 19.3 Å². The minimum absolute atomic E-state index is 0.226. The highest BCUT2D eigenvalue weighted by Crippen LogP contribution is 2.26. The second-order valence-electron chi connectivity index (χ2n) is 4.16. The molecular formula is C14H17FO2. The Hall–Kier alpha value is -1.35. The van der Waals surface area contributed by atoms with E-state index >= 15 is 0 Å². The highest BCUT2D eigenvalue weighted by Gasteiger charge is 2.15. The van der Waals surface area contributed by atoms with Crippen molar-refractivity contribution in [1.29, 1.82) is 0 Å². The van der Waals surface area contributed by atoms with Crippen molar-refractivity contribution in [2.75, 3.05) is 13.2 Å². The standard InChI is InChI=1S/C14H17FO2/c1-3-16-12-6-7-13(14(15)8-12)11-5-4-10(2)17-9-11/h5-8,10H,3-4,9H2,1-2H3. The normalized spacial score (nSPS) is 19.9. The van der Waals surface area contributed by atoms with Crippen LogP contribution in [-0.4, -0.2) is 19.3 Å². The molecule has 0 aliphatic carbocycles. The molecule has 0 N–H and O–H groups in total. The van der Waals surface area contributed by atoms with E-state index in [9.17, 15) is 4.39 Å². The van der Waals surface area contributed by atoms with Crippen LogP contribution < -0.4 is 4.74 Å². The smallest absolute Gasteiger partial charge is 0.134 e. The van der Waals surface area contributed by atoms with Crippen LogP contribution in [0, 0.1) is 5.82 Å². The SMILES string of the molecule is CCOc1ccc(C2=CCC(C)OC2)c(F)c1. The molecule has 1 aliphatic rings. The van der Waals surface area contributed by atoms with Crippen molar-refractivity contribution in [1.82, 2.24) is 0 Å². The van der Waals surface area contributed by atoms with Crippen LogP contribution in [0.4, 0.5) is 4.39 Å². The maximum Gasteiger partial charge on any atom is 0.134 e. The molecule has 2 nitrogen and oxygen atoms in total. The Morgan fingerprint density at radius 3 is 2.88 bits per heavy atom. The lowest BCUT2D eigenvalue weighted by Gasteiger charge is -2.20. The summed E-state index contributed by atoms with van der Waals surface area (Å²) < 4.78 is 24.6. The first kappa shape index (κ1) is 12.1. The Balaban J connectivity index is 2.21. The predicted molar refractivity (Wildman–Crippen MR) is 65.6 cm³/mol. The summed E-state index contributed by atoms with van der Waals surface area (Å²) in [5.74, 6) is 0.319. The van der Waals surface area contributed by atoms with Crippen LogP contribution in [0.1, 0.15) is 25.8 Å². The molecule has 0 aromatic heterocycles. The highest BCUT2D eigenvalue weighted by molar-refractivity contribution is 5.68. The largest absolute Gasteiger partial charge is 0.494 e. The second kappa shape index (κ2) is 5.32. The molecule has 1 unspecified atom stereocenters. The minimum atomic E-state index is -0.250. The van der Waals surface area contributed by atoms with Gasteiger partial charge in [-0.3, -0.25) is 0 Å². The van der Waals surface area contributed by atoms with Crippen molar-refractivity contribution >= 4 is 5.57 Å². The van der Waals surface area contributed by atoms with Crippen LogP contribution in [0.5, 0.6) is 5.75 Å². The summed E-state index contributed by atoms with van der Waals surface area (Å²) >= 11 is 0. The Kier molecular flexibility index (Phi) is 3.79. The third-order valence-electron chi connectivity index (χ3n) is 2.82. The Morgan fingerprint density at radius 1 is 1.47 bits per heavy atom. The van der Waals surface area contributed by atoms with Crippen LogP contribution in [0.15, 0.2) is 24.3 Å². The Bertz CT molecular complexity index is 426. The van der Waals surface area contributed by atoms with Crippen LogP contribution in [0.25, 0.3) is 5.57 Å². The van der Waals surface area contributed by atoms with Gasteiger partial charge < -0.3 is 9.47 Å². The fourth-order valence-electron chi connectivity index (χ4n) is 1.87. The van der Waals surface area contributed by atoms with E-state index in [1.165, 1.54) is 6.07 Å². The van der Waals surface area contributed by atoms with Gasteiger partial charge in [0, 0.05) is 11.6 Å². The first-order chi connectivity index (χ1) is 8.20. The van der Waals surface area contributed by atoms with Gasteiger partial charge >= 0.3 is 0 Å². The number of hydrogen-bond donors (Lipinski definition) is 0. The lowest BCUT2D eigenvalue weighted by molar-refractivity contribution is 0.0871. The van der Waals surface area contributed by atoms with Crippen molar-refractivity contribution in [2.45, 2.75) is 26.4 Å². The highest BCUT2D eigenvalue weighted by atomic mass is 19.1. The summed E-state index contributed by atoms with van der Waals surface area (Å²) in [6, 6.07) is 4.98. The zero-order valence-electron chi connectivity index (χ0n) is 10.2. The summed E-state index contributed by atoms with van der Waals surface area (Å²) in [4.78, 5) is 0. The van der Waals surface area contributed by atoms with Crippen LogP contribution in [0.3, 0.4) is 0 Å². The zero-order chi connectivity index (χ0) is 12.3. The second-order valence-corrected chi connectivity index (χ2v) is 4.16. The molecule has 1 aromatic carbocycles. The van der Waals surface area contributed by atoms with Gasteiger partial charge in [-0.05, 0) is 38.0 Å². The molecule has 3 heteroatoms. The van der Waals surface area contributed by atoms with Gasteiger partial charge in [-0.2, -0.15) is 0 Å². The predicted octanol–water partition coefficient (Wildman–Crippen LogP) is 3.42. The fraction of sp³-hybridized carbons (Fsp3) is 0.429. The van der Waals surface area contributed by atoms with E-state index in [1.54, 1.807) is 12.1 Å². The average molecular weight is 236 g/mol. The van der Waals surface area contributed by atoms with Crippen LogP contribution in [0.2, 0.25) is 0 Å². The molecule has 1 atom stereocenters. The Labute approximate surface area is 101 Å². The van der Waals surface area contributed by atoms with Gasteiger partial charge in [-0.15, -0.1) is 0 Å². The lowest BCUT2D eigenvalue weighted by Crippen LogP contribution is -2.14. The molecule has 0 saturated heterocycles. The summed E-state index contributed by atoms with van der Waals surface area (Å²) in [5, 5.41) is 0. The fourth-order valence-corrected chi connectivity index (χ4v) is 1.87. The van der Waals surface area contributed by atoms with Crippen molar-refractivity contribution in [3.05, 3.63) is 35.7 Å². The van der Waals surface area contributed by atoms with Gasteiger partial charge in [0.1, 0.15) is 11.6 Å². The molecule has 92 valence electrons. The van der Waals surface area contributed by atoms with Gasteiger partial charge in [-0.25, -0.2) is 4.39 Å². The number of halogens is 1. The van der Waals surface area contributed by atoms with Crippen molar-refractivity contribution in [2.24, 2.45) is 0 Å². The molecule has 1 aliphatic heterocycles. The van der Waals surface area contributed by atoms with E-state index in [2.05, 4.69) is 0 Å². The van der Waals surface area contributed by atoms with E-state index in [1.807, 2.05) is 19.9 Å². The number of benzene rings is 1. The quantitative estimate of drug-likeness (QED) is 0.800. The summed E-state index contributed by atoms with van der Waals surface area (Å²) in [7, 11) is 0. The van der Waals surface area contributed by atoms with Crippen LogP contribution >= 0.6 is 0 Å². The number of rotatable bonds is 3. The molecule has 0 saturated carbocycles. The molecule has 17 heavy (non-hydrogen) atoms.